The van der Waals surface area contributed by atoms with Crippen LogP contribution in [-0.2, 0) is 0 Å². The Labute approximate surface area is 73.5 Å². The van der Waals surface area contributed by atoms with Gasteiger partial charge >= 0.3 is 0 Å². The van der Waals surface area contributed by atoms with Crippen LogP contribution >= 0.6 is 0 Å². The number of pyridine rings is 1. The standard InChI is InChI=1S/C11H13N/c1-3-6-10(4-2)11-7-5-8-12-9-11/h3-5,7-10H,1-2,6H2. The minimum atomic E-state index is 0.358. The van der Waals surface area contributed by atoms with E-state index < -0.39 is 0 Å². The topological polar surface area (TPSA) is 12.9 Å². The molecular formula is C11H13N. The van der Waals surface area contributed by atoms with E-state index in [1.165, 1.54) is 5.56 Å². The second-order valence-electron chi connectivity index (χ2n) is 2.65. The van der Waals surface area contributed by atoms with Gasteiger partial charge in [-0.05, 0) is 18.1 Å². The van der Waals surface area contributed by atoms with Crippen molar-refractivity contribution >= 4 is 0 Å². The molecule has 1 heterocycles. The van der Waals surface area contributed by atoms with E-state index in [2.05, 4.69) is 24.2 Å². The van der Waals surface area contributed by atoms with E-state index in [0.717, 1.165) is 6.42 Å². The van der Waals surface area contributed by atoms with Crippen LogP contribution in [0.15, 0.2) is 49.8 Å². The van der Waals surface area contributed by atoms with Gasteiger partial charge in [-0.25, -0.2) is 0 Å². The first-order valence-electron chi connectivity index (χ1n) is 4.02. The van der Waals surface area contributed by atoms with Crippen LogP contribution in [0.2, 0.25) is 0 Å². The van der Waals surface area contributed by atoms with Crippen LogP contribution in [0.3, 0.4) is 0 Å². The molecule has 0 radical (unpaired) electrons. The summed E-state index contributed by atoms with van der Waals surface area (Å²) in [4.78, 5) is 4.05. The van der Waals surface area contributed by atoms with Gasteiger partial charge in [0.05, 0.1) is 0 Å². The van der Waals surface area contributed by atoms with Crippen LogP contribution in [0.1, 0.15) is 17.9 Å². The number of rotatable bonds is 4. The van der Waals surface area contributed by atoms with E-state index in [-0.39, 0.29) is 0 Å². The predicted molar refractivity (Wildman–Crippen MR) is 52.0 cm³/mol. The Hall–Kier alpha value is -1.37. The van der Waals surface area contributed by atoms with Gasteiger partial charge in [0.2, 0.25) is 0 Å². The van der Waals surface area contributed by atoms with Gasteiger partial charge in [0.25, 0.3) is 0 Å². The van der Waals surface area contributed by atoms with Crippen LogP contribution in [0.5, 0.6) is 0 Å². The molecule has 0 aliphatic heterocycles. The van der Waals surface area contributed by atoms with E-state index in [1.807, 2.05) is 24.4 Å². The molecule has 1 nitrogen and oxygen atoms in total. The third kappa shape index (κ3) is 2.06. The highest BCUT2D eigenvalue weighted by atomic mass is 14.6. The van der Waals surface area contributed by atoms with Crippen LogP contribution in [-0.4, -0.2) is 4.98 Å². The molecule has 0 bridgehead atoms. The maximum Gasteiger partial charge on any atom is 0.0305 e. The number of allylic oxidation sites excluding steroid dienone is 2. The fourth-order valence-corrected chi connectivity index (χ4v) is 1.14. The molecule has 1 aromatic heterocycles. The van der Waals surface area contributed by atoms with Crippen molar-refractivity contribution in [3.63, 3.8) is 0 Å². The van der Waals surface area contributed by atoms with Crippen LogP contribution in [0.25, 0.3) is 0 Å². The molecule has 0 aromatic carbocycles. The summed E-state index contributed by atoms with van der Waals surface area (Å²) in [5, 5.41) is 0. The summed E-state index contributed by atoms with van der Waals surface area (Å²) in [7, 11) is 0. The van der Waals surface area contributed by atoms with E-state index in [1.54, 1.807) is 6.20 Å². The SMILES string of the molecule is C=CCC(C=C)c1cccnc1. The summed E-state index contributed by atoms with van der Waals surface area (Å²) in [6.07, 6.45) is 8.40. The Morgan fingerprint density at radius 3 is 2.83 bits per heavy atom. The lowest BCUT2D eigenvalue weighted by Gasteiger charge is -2.08. The third-order valence-electron chi connectivity index (χ3n) is 1.82. The lowest BCUT2D eigenvalue weighted by Crippen LogP contribution is -1.92. The van der Waals surface area contributed by atoms with Gasteiger partial charge in [0, 0.05) is 18.3 Å². The van der Waals surface area contributed by atoms with Crippen LogP contribution in [0.4, 0.5) is 0 Å². The summed E-state index contributed by atoms with van der Waals surface area (Å²) < 4.78 is 0. The fourth-order valence-electron chi connectivity index (χ4n) is 1.14. The third-order valence-corrected chi connectivity index (χ3v) is 1.82. The zero-order valence-corrected chi connectivity index (χ0v) is 7.11. The van der Waals surface area contributed by atoms with Crippen molar-refractivity contribution in [2.75, 3.05) is 0 Å². The quantitative estimate of drug-likeness (QED) is 0.615. The number of nitrogens with zero attached hydrogens (tertiary/aromatic N) is 1. The van der Waals surface area contributed by atoms with Gasteiger partial charge in [-0.1, -0.05) is 18.2 Å². The van der Waals surface area contributed by atoms with Gasteiger partial charge in [0.15, 0.2) is 0 Å². The Balaban J connectivity index is 2.79. The number of aromatic nitrogens is 1. The number of hydrogen-bond donors (Lipinski definition) is 0. The highest BCUT2D eigenvalue weighted by Gasteiger charge is 2.03. The summed E-state index contributed by atoms with van der Waals surface area (Å²) in [6, 6.07) is 4.00. The lowest BCUT2D eigenvalue weighted by atomic mass is 9.98. The zero-order chi connectivity index (χ0) is 8.81. The van der Waals surface area contributed by atoms with Crippen molar-refractivity contribution in [2.24, 2.45) is 0 Å². The van der Waals surface area contributed by atoms with Crippen molar-refractivity contribution in [2.45, 2.75) is 12.3 Å². The molecule has 1 atom stereocenters. The molecule has 1 rings (SSSR count). The summed E-state index contributed by atoms with van der Waals surface area (Å²) in [5.41, 5.74) is 1.20. The zero-order valence-electron chi connectivity index (χ0n) is 7.11. The summed E-state index contributed by atoms with van der Waals surface area (Å²) in [6.45, 7) is 7.49. The molecule has 0 aliphatic carbocycles. The first kappa shape index (κ1) is 8.72. The summed E-state index contributed by atoms with van der Waals surface area (Å²) in [5.74, 6) is 0.358. The predicted octanol–water partition coefficient (Wildman–Crippen LogP) is 2.93. The second kappa shape index (κ2) is 4.50. The average Bonchev–Trinajstić information content (AvgIpc) is 2.15. The molecule has 0 N–H and O–H groups in total. The fraction of sp³-hybridized carbons (Fsp3) is 0.182. The molecule has 0 saturated carbocycles. The van der Waals surface area contributed by atoms with Gasteiger partial charge in [-0.2, -0.15) is 0 Å². The number of hydrogen-bond acceptors (Lipinski definition) is 1. The van der Waals surface area contributed by atoms with E-state index in [9.17, 15) is 0 Å². The molecule has 0 saturated heterocycles. The normalized spacial score (nSPS) is 12.0. The molecule has 0 fully saturated rings. The minimum absolute atomic E-state index is 0.358. The lowest BCUT2D eigenvalue weighted by molar-refractivity contribution is 0.860. The highest BCUT2D eigenvalue weighted by Crippen LogP contribution is 2.19. The first-order valence-corrected chi connectivity index (χ1v) is 4.02. The van der Waals surface area contributed by atoms with Crippen molar-refractivity contribution < 1.29 is 0 Å². The first-order chi connectivity index (χ1) is 5.88. The Kier molecular flexibility index (Phi) is 3.27. The molecular weight excluding hydrogens is 146 g/mol. The maximum atomic E-state index is 4.05. The van der Waals surface area contributed by atoms with Crippen molar-refractivity contribution in [1.29, 1.82) is 0 Å². The monoisotopic (exact) mass is 159 g/mol. The van der Waals surface area contributed by atoms with Crippen molar-refractivity contribution in [3.8, 4) is 0 Å². The van der Waals surface area contributed by atoms with Gasteiger partial charge in [-0.15, -0.1) is 13.2 Å². The smallest absolute Gasteiger partial charge is 0.0305 e. The van der Waals surface area contributed by atoms with Gasteiger partial charge < -0.3 is 0 Å². The summed E-state index contributed by atoms with van der Waals surface area (Å²) >= 11 is 0. The second-order valence-corrected chi connectivity index (χ2v) is 2.65. The molecule has 1 aromatic rings. The van der Waals surface area contributed by atoms with E-state index >= 15 is 0 Å². The van der Waals surface area contributed by atoms with E-state index in [4.69, 9.17) is 0 Å². The molecule has 1 heteroatoms. The van der Waals surface area contributed by atoms with Gasteiger partial charge in [-0.3, -0.25) is 4.98 Å². The van der Waals surface area contributed by atoms with Crippen molar-refractivity contribution in [1.82, 2.24) is 4.98 Å². The maximum absolute atomic E-state index is 4.05. The Morgan fingerprint density at radius 1 is 1.50 bits per heavy atom. The van der Waals surface area contributed by atoms with E-state index in [0.29, 0.717) is 5.92 Å². The Morgan fingerprint density at radius 2 is 2.33 bits per heavy atom. The molecule has 62 valence electrons. The molecule has 1 unspecified atom stereocenters. The highest BCUT2D eigenvalue weighted by molar-refractivity contribution is 5.20. The molecule has 0 amide bonds. The van der Waals surface area contributed by atoms with Crippen molar-refractivity contribution in [3.05, 3.63) is 55.4 Å². The minimum Gasteiger partial charge on any atom is -0.264 e. The van der Waals surface area contributed by atoms with Crippen LogP contribution in [0, 0.1) is 0 Å². The molecule has 0 spiro atoms. The van der Waals surface area contributed by atoms with Gasteiger partial charge in [0.1, 0.15) is 0 Å². The Bertz CT molecular complexity index is 251. The van der Waals surface area contributed by atoms with Crippen LogP contribution < -0.4 is 0 Å². The molecule has 12 heavy (non-hydrogen) atoms. The molecule has 0 aliphatic rings. The average molecular weight is 159 g/mol. The largest absolute Gasteiger partial charge is 0.264 e.